The molecule has 1 N–H and O–H groups in total. The molecule has 5 rings (SSSR count). The molecule has 2 aliphatic heterocycles. The molecule has 0 aromatic heterocycles. The van der Waals surface area contributed by atoms with Crippen LogP contribution in [-0.2, 0) is 22.4 Å². The van der Waals surface area contributed by atoms with Gasteiger partial charge in [0.2, 0.25) is 5.91 Å². The first-order valence-corrected chi connectivity index (χ1v) is 14.3. The second kappa shape index (κ2) is 12.8. The van der Waals surface area contributed by atoms with Gasteiger partial charge in [-0.1, -0.05) is 67.1 Å². The molecule has 0 bridgehead atoms. The number of piperidine rings is 2. The van der Waals surface area contributed by atoms with Crippen LogP contribution >= 0.6 is 0 Å². The Morgan fingerprint density at radius 2 is 1.59 bits per heavy atom. The van der Waals surface area contributed by atoms with Crippen LogP contribution in [0.15, 0.2) is 72.8 Å². The van der Waals surface area contributed by atoms with Gasteiger partial charge in [0.05, 0.1) is 24.8 Å². The molecule has 216 valence electrons. The van der Waals surface area contributed by atoms with E-state index in [0.717, 1.165) is 43.5 Å². The second-order valence-electron chi connectivity index (χ2n) is 11.1. The van der Waals surface area contributed by atoms with Crippen molar-refractivity contribution in [2.45, 2.75) is 56.5 Å². The van der Waals surface area contributed by atoms with Crippen molar-refractivity contribution >= 4 is 17.7 Å². The molecule has 41 heavy (non-hydrogen) atoms. The number of ether oxygens (including phenoxy) is 1. The minimum atomic E-state index is -1.04. The number of amides is 2. The van der Waals surface area contributed by atoms with E-state index in [4.69, 9.17) is 4.74 Å². The molecule has 2 fully saturated rings. The van der Waals surface area contributed by atoms with E-state index in [9.17, 15) is 14.0 Å². The third kappa shape index (κ3) is 6.59. The summed E-state index contributed by atoms with van der Waals surface area (Å²) in [5, 5.41) is 3.05. The summed E-state index contributed by atoms with van der Waals surface area (Å²) in [5.74, 6) is -2.39. The lowest BCUT2D eigenvalue weighted by Gasteiger charge is -2.50. The van der Waals surface area contributed by atoms with Crippen molar-refractivity contribution in [2.75, 3.05) is 31.6 Å². The Hall–Kier alpha value is -3.78. The fraction of sp³-hybridized carbons (Fsp3) is 0.394. The van der Waals surface area contributed by atoms with Gasteiger partial charge in [-0.3, -0.25) is 9.69 Å². The number of benzene rings is 3. The number of hydrogen-bond acceptors (Lipinski definition) is 4. The molecular formula is C33H37F2N3O3. The van der Waals surface area contributed by atoms with Crippen LogP contribution < -0.4 is 10.2 Å². The molecule has 0 aliphatic carbocycles. The zero-order valence-corrected chi connectivity index (χ0v) is 23.5. The van der Waals surface area contributed by atoms with E-state index in [1.807, 2.05) is 48.5 Å². The van der Waals surface area contributed by atoms with Gasteiger partial charge in [0.25, 0.3) is 0 Å². The molecule has 2 amide bonds. The second-order valence-corrected chi connectivity index (χ2v) is 11.1. The van der Waals surface area contributed by atoms with Gasteiger partial charge >= 0.3 is 6.09 Å². The molecular weight excluding hydrogens is 524 g/mol. The number of hydrogen-bond donors (Lipinski definition) is 1. The smallest absolute Gasteiger partial charge is 0.407 e. The molecule has 2 heterocycles. The summed E-state index contributed by atoms with van der Waals surface area (Å²) in [6.45, 7) is 1.86. The maximum Gasteiger partial charge on any atom is 0.407 e. The molecule has 0 saturated carbocycles. The number of carbonyl (C=O) groups is 2. The van der Waals surface area contributed by atoms with Gasteiger partial charge in [-0.05, 0) is 74.0 Å². The van der Waals surface area contributed by atoms with Crippen molar-refractivity contribution in [2.24, 2.45) is 0 Å². The van der Waals surface area contributed by atoms with Crippen LogP contribution in [0.25, 0.3) is 0 Å². The summed E-state index contributed by atoms with van der Waals surface area (Å²) in [6.07, 6.45) is 3.97. The molecule has 2 aliphatic rings. The zero-order valence-electron chi connectivity index (χ0n) is 23.5. The molecule has 3 aromatic carbocycles. The number of likely N-dealkylation sites (tertiary alicyclic amines) is 1. The standard InChI is InChI=1S/C33H37F2N3O3/c1-41-32(40)36-33(29(37-16-9-4-10-17-37)22-25-13-7-3-8-14-25)15-18-38(30(39)23-33)28-21-26(20-27(34)31(28)35)19-24-11-5-2-6-12-24/h2-3,5-8,11-14,20-21,29H,4,9-10,15-19,22-23H2,1H3,(H,36,40). The highest BCUT2D eigenvalue weighted by molar-refractivity contribution is 5.95. The summed E-state index contributed by atoms with van der Waals surface area (Å²) < 4.78 is 35.0. The predicted molar refractivity (Wildman–Crippen MR) is 155 cm³/mol. The van der Waals surface area contributed by atoms with Crippen molar-refractivity contribution in [3.8, 4) is 0 Å². The predicted octanol–water partition coefficient (Wildman–Crippen LogP) is 5.87. The van der Waals surface area contributed by atoms with Gasteiger partial charge in [-0.15, -0.1) is 0 Å². The first-order valence-electron chi connectivity index (χ1n) is 14.3. The SMILES string of the molecule is COC(=O)NC1(C(Cc2ccccc2)N2CCCCC2)CCN(c2cc(Cc3ccccc3)cc(F)c2F)C(=O)C1. The van der Waals surface area contributed by atoms with E-state index in [1.54, 1.807) is 6.07 Å². The molecule has 2 saturated heterocycles. The molecule has 0 radical (unpaired) electrons. The first-order chi connectivity index (χ1) is 19.9. The van der Waals surface area contributed by atoms with Crippen LogP contribution in [0.1, 0.15) is 48.8 Å². The highest BCUT2D eigenvalue weighted by Crippen LogP contribution is 2.37. The molecule has 3 aromatic rings. The fourth-order valence-electron chi connectivity index (χ4n) is 6.37. The Morgan fingerprint density at radius 1 is 0.927 bits per heavy atom. The van der Waals surface area contributed by atoms with E-state index in [-0.39, 0.29) is 30.6 Å². The van der Waals surface area contributed by atoms with Gasteiger partial charge in [-0.25, -0.2) is 13.6 Å². The average Bonchev–Trinajstić information content (AvgIpc) is 2.99. The number of rotatable bonds is 8. The summed E-state index contributed by atoms with van der Waals surface area (Å²) >= 11 is 0. The lowest BCUT2D eigenvalue weighted by molar-refractivity contribution is -0.122. The number of nitrogens with zero attached hydrogens (tertiary/aromatic N) is 2. The van der Waals surface area contributed by atoms with Crippen molar-refractivity contribution < 1.29 is 23.1 Å². The fourth-order valence-corrected chi connectivity index (χ4v) is 6.37. The van der Waals surface area contributed by atoms with Gasteiger partial charge in [-0.2, -0.15) is 0 Å². The molecule has 2 unspecified atom stereocenters. The number of nitrogens with one attached hydrogen (secondary N) is 1. The van der Waals surface area contributed by atoms with Crippen molar-refractivity contribution in [1.82, 2.24) is 10.2 Å². The monoisotopic (exact) mass is 561 g/mol. The van der Waals surface area contributed by atoms with Crippen LogP contribution in [-0.4, -0.2) is 55.2 Å². The normalized spacial score (nSPS) is 20.5. The van der Waals surface area contributed by atoms with E-state index in [0.29, 0.717) is 24.8 Å². The third-order valence-electron chi connectivity index (χ3n) is 8.44. The molecule has 2 atom stereocenters. The van der Waals surface area contributed by atoms with Crippen molar-refractivity contribution in [3.63, 3.8) is 0 Å². The lowest BCUT2D eigenvalue weighted by Crippen LogP contribution is -2.68. The topological polar surface area (TPSA) is 61.9 Å². The maximum absolute atomic E-state index is 15.2. The van der Waals surface area contributed by atoms with Gasteiger partial charge in [0.1, 0.15) is 0 Å². The van der Waals surface area contributed by atoms with Gasteiger partial charge in [0, 0.05) is 12.6 Å². The van der Waals surface area contributed by atoms with Crippen LogP contribution in [0.5, 0.6) is 0 Å². The molecule has 8 heteroatoms. The van der Waals surface area contributed by atoms with Gasteiger partial charge in [0.15, 0.2) is 11.6 Å². The summed E-state index contributed by atoms with van der Waals surface area (Å²) in [5.41, 5.74) is 1.64. The van der Waals surface area contributed by atoms with Crippen LogP contribution in [0.3, 0.4) is 0 Å². The minimum absolute atomic E-state index is 0.0555. The third-order valence-corrected chi connectivity index (χ3v) is 8.44. The Kier molecular flexibility index (Phi) is 8.98. The van der Waals surface area contributed by atoms with E-state index < -0.39 is 23.3 Å². The summed E-state index contributed by atoms with van der Waals surface area (Å²) in [6, 6.07) is 22.1. The van der Waals surface area contributed by atoms with Crippen molar-refractivity contribution in [3.05, 3.63) is 101 Å². The Bertz CT molecular complexity index is 1350. The average molecular weight is 562 g/mol. The summed E-state index contributed by atoms with van der Waals surface area (Å²) in [7, 11) is 1.31. The Labute approximate surface area is 240 Å². The minimum Gasteiger partial charge on any atom is -0.453 e. The number of anilines is 1. The first kappa shape index (κ1) is 28.7. The maximum atomic E-state index is 15.2. The van der Waals surface area contributed by atoms with E-state index in [2.05, 4.69) is 22.3 Å². The number of methoxy groups -OCH3 is 1. The van der Waals surface area contributed by atoms with Crippen LogP contribution in [0.4, 0.5) is 19.3 Å². The quantitative estimate of drug-likeness (QED) is 0.374. The van der Waals surface area contributed by atoms with E-state index >= 15 is 4.39 Å². The number of halogens is 2. The van der Waals surface area contributed by atoms with Crippen molar-refractivity contribution in [1.29, 1.82) is 0 Å². The molecule has 0 spiro atoms. The summed E-state index contributed by atoms with van der Waals surface area (Å²) in [4.78, 5) is 30.3. The number of carbonyl (C=O) groups excluding carboxylic acids is 2. The van der Waals surface area contributed by atoms with Gasteiger partial charge < -0.3 is 15.0 Å². The van der Waals surface area contributed by atoms with E-state index in [1.165, 1.54) is 18.1 Å². The highest BCUT2D eigenvalue weighted by Gasteiger charge is 2.49. The Morgan fingerprint density at radius 3 is 2.22 bits per heavy atom. The number of alkyl carbamates (subject to hydrolysis) is 1. The molecule has 6 nitrogen and oxygen atoms in total. The Balaban J connectivity index is 1.47. The highest BCUT2D eigenvalue weighted by atomic mass is 19.2. The largest absolute Gasteiger partial charge is 0.453 e. The zero-order chi connectivity index (χ0) is 28.8. The van der Waals surface area contributed by atoms with Crippen LogP contribution in [0, 0.1) is 11.6 Å². The van der Waals surface area contributed by atoms with Crippen LogP contribution in [0.2, 0.25) is 0 Å². The lowest BCUT2D eigenvalue weighted by atomic mass is 9.76.